The highest BCUT2D eigenvalue weighted by Gasteiger charge is 2.37. The lowest BCUT2D eigenvalue weighted by Gasteiger charge is -2.17. The van der Waals surface area contributed by atoms with Gasteiger partial charge < -0.3 is 9.47 Å². The molecule has 1 heterocycles. The van der Waals surface area contributed by atoms with Gasteiger partial charge in [0.1, 0.15) is 0 Å². The molecule has 0 saturated carbocycles. The van der Waals surface area contributed by atoms with E-state index in [-0.39, 0.29) is 6.79 Å². The number of ether oxygens (including phenoxy) is 2. The van der Waals surface area contributed by atoms with Crippen molar-refractivity contribution in [3.63, 3.8) is 0 Å². The molecule has 0 unspecified atom stereocenters. The zero-order chi connectivity index (χ0) is 8.43. The second kappa shape index (κ2) is 2.69. The Labute approximate surface area is 62.3 Å². The van der Waals surface area contributed by atoms with Gasteiger partial charge in [0.15, 0.2) is 5.78 Å². The molecule has 1 rings (SSSR count). The van der Waals surface area contributed by atoms with Crippen molar-refractivity contribution >= 4 is 17.7 Å². The third-order valence-electron chi connectivity index (χ3n) is 1.28. The lowest BCUT2D eigenvalue weighted by Crippen LogP contribution is -2.38. The molecule has 1 aliphatic rings. The van der Waals surface area contributed by atoms with Crippen molar-refractivity contribution in [1.29, 1.82) is 0 Å². The van der Waals surface area contributed by atoms with Gasteiger partial charge in [0, 0.05) is 0 Å². The summed E-state index contributed by atoms with van der Waals surface area (Å²) < 4.78 is 8.64. The van der Waals surface area contributed by atoms with E-state index in [0.717, 1.165) is 6.92 Å². The number of hydrogen-bond acceptors (Lipinski definition) is 5. The van der Waals surface area contributed by atoms with Crippen molar-refractivity contribution in [1.82, 2.24) is 0 Å². The third-order valence-corrected chi connectivity index (χ3v) is 1.28. The standard InChI is InChI=1S/C6H6O5/c1-3(7)4-5(8)10-2-11-6(4)9/h4H,2H2,1H3. The number of cyclic esters (lactones) is 2. The van der Waals surface area contributed by atoms with Gasteiger partial charge in [-0.2, -0.15) is 0 Å². The van der Waals surface area contributed by atoms with Crippen LogP contribution >= 0.6 is 0 Å². The Bertz CT molecular complexity index is 203. The van der Waals surface area contributed by atoms with Crippen molar-refractivity contribution in [2.75, 3.05) is 6.79 Å². The number of rotatable bonds is 1. The van der Waals surface area contributed by atoms with Gasteiger partial charge in [-0.1, -0.05) is 0 Å². The van der Waals surface area contributed by atoms with E-state index in [1.54, 1.807) is 0 Å². The molecule has 0 aromatic heterocycles. The van der Waals surface area contributed by atoms with Gasteiger partial charge in [-0.3, -0.25) is 14.4 Å². The highest BCUT2D eigenvalue weighted by Crippen LogP contribution is 2.09. The second-order valence-electron chi connectivity index (χ2n) is 2.09. The van der Waals surface area contributed by atoms with Crippen LogP contribution in [-0.2, 0) is 23.9 Å². The fourth-order valence-corrected chi connectivity index (χ4v) is 0.740. The molecule has 0 atom stereocenters. The number of esters is 2. The maximum absolute atomic E-state index is 10.7. The van der Waals surface area contributed by atoms with Crippen LogP contribution < -0.4 is 0 Å². The minimum atomic E-state index is -1.37. The number of carbonyl (C=O) groups is 3. The van der Waals surface area contributed by atoms with Crippen molar-refractivity contribution < 1.29 is 23.9 Å². The van der Waals surface area contributed by atoms with Gasteiger partial charge in [0.2, 0.25) is 12.7 Å². The maximum atomic E-state index is 10.7. The molecule has 0 N–H and O–H groups in total. The quantitative estimate of drug-likeness (QED) is 0.371. The Hall–Kier alpha value is -1.39. The minimum Gasteiger partial charge on any atom is -0.427 e. The average Bonchev–Trinajstić information content (AvgIpc) is 1.85. The zero-order valence-electron chi connectivity index (χ0n) is 5.83. The summed E-state index contributed by atoms with van der Waals surface area (Å²) in [6.07, 6.45) is 0. The zero-order valence-corrected chi connectivity index (χ0v) is 5.83. The SMILES string of the molecule is CC(=O)C1C(=O)OCOC1=O. The number of hydrogen-bond donors (Lipinski definition) is 0. The summed E-state index contributed by atoms with van der Waals surface area (Å²) in [5.41, 5.74) is 0. The number of Topliss-reactive ketones (excluding diaryl/α,β-unsaturated/α-hetero) is 1. The van der Waals surface area contributed by atoms with Crippen molar-refractivity contribution in [3.8, 4) is 0 Å². The maximum Gasteiger partial charge on any atom is 0.330 e. The van der Waals surface area contributed by atoms with Crippen LogP contribution in [0.4, 0.5) is 0 Å². The van der Waals surface area contributed by atoms with Crippen LogP contribution in [0.25, 0.3) is 0 Å². The molecule has 5 nitrogen and oxygen atoms in total. The van der Waals surface area contributed by atoms with Crippen LogP contribution in [0.5, 0.6) is 0 Å². The summed E-state index contributed by atoms with van der Waals surface area (Å²) >= 11 is 0. The Morgan fingerprint density at radius 2 is 1.82 bits per heavy atom. The van der Waals surface area contributed by atoms with E-state index in [2.05, 4.69) is 9.47 Å². The van der Waals surface area contributed by atoms with Crippen LogP contribution in [0.3, 0.4) is 0 Å². The summed E-state index contributed by atoms with van der Waals surface area (Å²) in [5, 5.41) is 0. The molecule has 0 aliphatic carbocycles. The summed E-state index contributed by atoms with van der Waals surface area (Å²) in [4.78, 5) is 32.0. The first-order valence-electron chi connectivity index (χ1n) is 2.96. The van der Waals surface area contributed by atoms with Gasteiger partial charge in [-0.05, 0) is 6.92 Å². The molecule has 0 aromatic carbocycles. The molecule has 60 valence electrons. The van der Waals surface area contributed by atoms with Crippen LogP contribution in [0.15, 0.2) is 0 Å². The lowest BCUT2D eigenvalue weighted by atomic mass is 10.1. The molecule has 0 amide bonds. The van der Waals surface area contributed by atoms with E-state index in [1.165, 1.54) is 0 Å². The van der Waals surface area contributed by atoms with Gasteiger partial charge in [-0.25, -0.2) is 0 Å². The first kappa shape index (κ1) is 7.71. The molecular formula is C6H6O5. The molecule has 11 heavy (non-hydrogen) atoms. The first-order chi connectivity index (χ1) is 5.13. The molecule has 1 fully saturated rings. The monoisotopic (exact) mass is 158 g/mol. The van der Waals surface area contributed by atoms with E-state index in [9.17, 15) is 14.4 Å². The molecule has 0 radical (unpaired) electrons. The van der Waals surface area contributed by atoms with Crippen molar-refractivity contribution in [2.45, 2.75) is 6.92 Å². The summed E-state index contributed by atoms with van der Waals surface area (Å²) in [6, 6.07) is 0. The largest absolute Gasteiger partial charge is 0.427 e. The summed E-state index contributed by atoms with van der Waals surface area (Å²) in [7, 11) is 0. The van der Waals surface area contributed by atoms with E-state index in [1.807, 2.05) is 0 Å². The Balaban J connectivity index is 2.79. The number of carbonyl (C=O) groups excluding carboxylic acids is 3. The Morgan fingerprint density at radius 1 is 1.36 bits per heavy atom. The molecule has 1 saturated heterocycles. The van der Waals surface area contributed by atoms with Crippen LogP contribution in [0, 0.1) is 5.92 Å². The fourth-order valence-electron chi connectivity index (χ4n) is 0.740. The van der Waals surface area contributed by atoms with E-state index in [4.69, 9.17) is 0 Å². The summed E-state index contributed by atoms with van der Waals surface area (Å²) in [6.45, 7) is 0.750. The predicted molar refractivity (Wildman–Crippen MR) is 31.2 cm³/mol. The minimum absolute atomic E-state index is 0.387. The molecule has 5 heteroatoms. The van der Waals surface area contributed by atoms with Crippen molar-refractivity contribution in [2.24, 2.45) is 5.92 Å². The molecule has 1 aliphatic heterocycles. The molecular weight excluding hydrogens is 152 g/mol. The molecule has 0 aromatic rings. The molecule has 0 spiro atoms. The van der Waals surface area contributed by atoms with Gasteiger partial charge in [-0.15, -0.1) is 0 Å². The normalized spacial score (nSPS) is 19.0. The Morgan fingerprint density at radius 3 is 2.09 bits per heavy atom. The van der Waals surface area contributed by atoms with E-state index in [0.29, 0.717) is 0 Å². The van der Waals surface area contributed by atoms with E-state index < -0.39 is 23.6 Å². The van der Waals surface area contributed by atoms with Crippen molar-refractivity contribution in [3.05, 3.63) is 0 Å². The summed E-state index contributed by atoms with van der Waals surface area (Å²) in [5.74, 6) is -3.58. The van der Waals surface area contributed by atoms with Gasteiger partial charge >= 0.3 is 11.9 Å². The lowest BCUT2D eigenvalue weighted by molar-refractivity contribution is -0.190. The predicted octanol–water partition coefficient (Wildman–Crippen LogP) is -0.751. The topological polar surface area (TPSA) is 69.7 Å². The van der Waals surface area contributed by atoms with Crippen LogP contribution in [-0.4, -0.2) is 24.5 Å². The van der Waals surface area contributed by atoms with Gasteiger partial charge in [0.05, 0.1) is 0 Å². The van der Waals surface area contributed by atoms with Crippen LogP contribution in [0.2, 0.25) is 0 Å². The highest BCUT2D eigenvalue weighted by atomic mass is 16.7. The van der Waals surface area contributed by atoms with Gasteiger partial charge in [0.25, 0.3) is 0 Å². The Kier molecular flexibility index (Phi) is 1.89. The molecule has 0 bridgehead atoms. The smallest absolute Gasteiger partial charge is 0.330 e. The van der Waals surface area contributed by atoms with E-state index >= 15 is 0 Å². The third kappa shape index (κ3) is 1.36. The fraction of sp³-hybridized carbons (Fsp3) is 0.500. The second-order valence-corrected chi connectivity index (χ2v) is 2.09. The van der Waals surface area contributed by atoms with Crippen LogP contribution in [0.1, 0.15) is 6.92 Å². The highest BCUT2D eigenvalue weighted by molar-refractivity contribution is 6.14. The number of ketones is 1. The average molecular weight is 158 g/mol. The first-order valence-corrected chi connectivity index (χ1v) is 2.96.